The fourth-order valence-corrected chi connectivity index (χ4v) is 3.80. The lowest BCUT2D eigenvalue weighted by Crippen LogP contribution is -2.36. The molecule has 0 unspecified atom stereocenters. The van der Waals surface area contributed by atoms with Crippen molar-refractivity contribution in [2.75, 3.05) is 19.6 Å². The van der Waals surface area contributed by atoms with E-state index in [1.54, 1.807) is 0 Å². The number of aryl methyl sites for hydroxylation is 2. The Morgan fingerprint density at radius 2 is 1.96 bits per heavy atom. The van der Waals surface area contributed by atoms with Crippen molar-refractivity contribution >= 4 is 17.5 Å². The van der Waals surface area contributed by atoms with Crippen LogP contribution in [0.15, 0.2) is 24.3 Å². The molecule has 1 aliphatic heterocycles. The number of amides is 1. The van der Waals surface area contributed by atoms with Gasteiger partial charge in [0.15, 0.2) is 0 Å². The quantitative estimate of drug-likeness (QED) is 0.778. The SMILES string of the molecule is Cc1n[nH]c(C)c1CCC(=O)NC[C@@H](c1ccc(Cl)cc1)N1CCCC1. The molecule has 0 spiro atoms. The number of hydrogen-bond donors (Lipinski definition) is 2. The molecule has 0 radical (unpaired) electrons. The van der Waals surface area contributed by atoms with Crippen LogP contribution < -0.4 is 5.32 Å². The van der Waals surface area contributed by atoms with Gasteiger partial charge in [0.05, 0.1) is 11.7 Å². The molecule has 5 nitrogen and oxygen atoms in total. The Kier molecular flexibility index (Phi) is 6.33. The molecule has 3 rings (SSSR count). The van der Waals surface area contributed by atoms with E-state index in [0.29, 0.717) is 13.0 Å². The van der Waals surface area contributed by atoms with Gasteiger partial charge in [-0.2, -0.15) is 5.10 Å². The third kappa shape index (κ3) is 4.65. The summed E-state index contributed by atoms with van der Waals surface area (Å²) in [5, 5.41) is 11.0. The molecule has 26 heavy (non-hydrogen) atoms. The van der Waals surface area contributed by atoms with Crippen molar-refractivity contribution in [1.29, 1.82) is 0 Å². The molecule has 140 valence electrons. The second kappa shape index (κ2) is 8.69. The van der Waals surface area contributed by atoms with Crippen molar-refractivity contribution in [3.05, 3.63) is 51.8 Å². The van der Waals surface area contributed by atoms with Gasteiger partial charge in [0, 0.05) is 23.7 Å². The van der Waals surface area contributed by atoms with E-state index in [2.05, 4.69) is 32.5 Å². The fourth-order valence-electron chi connectivity index (χ4n) is 3.68. The summed E-state index contributed by atoms with van der Waals surface area (Å²) in [5.41, 5.74) is 4.38. The Hall–Kier alpha value is -1.85. The van der Waals surface area contributed by atoms with Crippen LogP contribution in [0, 0.1) is 13.8 Å². The maximum atomic E-state index is 12.4. The first-order valence-electron chi connectivity index (χ1n) is 9.31. The molecule has 0 aliphatic carbocycles. The van der Waals surface area contributed by atoms with Crippen LogP contribution in [-0.4, -0.2) is 40.6 Å². The molecule has 1 aromatic carbocycles. The van der Waals surface area contributed by atoms with E-state index in [9.17, 15) is 4.79 Å². The van der Waals surface area contributed by atoms with E-state index in [1.807, 2.05) is 26.0 Å². The molecule has 1 saturated heterocycles. The summed E-state index contributed by atoms with van der Waals surface area (Å²) in [6, 6.07) is 8.18. The number of nitrogens with one attached hydrogen (secondary N) is 2. The summed E-state index contributed by atoms with van der Waals surface area (Å²) >= 11 is 6.03. The summed E-state index contributed by atoms with van der Waals surface area (Å²) < 4.78 is 0. The highest BCUT2D eigenvalue weighted by atomic mass is 35.5. The van der Waals surface area contributed by atoms with Crippen molar-refractivity contribution in [1.82, 2.24) is 20.4 Å². The molecule has 1 fully saturated rings. The summed E-state index contributed by atoms with van der Waals surface area (Å²) in [5.74, 6) is 0.0863. The topological polar surface area (TPSA) is 61.0 Å². The Labute approximate surface area is 160 Å². The van der Waals surface area contributed by atoms with Gasteiger partial charge in [-0.1, -0.05) is 23.7 Å². The van der Waals surface area contributed by atoms with Gasteiger partial charge in [0.2, 0.25) is 5.91 Å². The first-order valence-corrected chi connectivity index (χ1v) is 9.69. The highest BCUT2D eigenvalue weighted by Gasteiger charge is 2.24. The number of H-pyrrole nitrogens is 1. The zero-order valence-electron chi connectivity index (χ0n) is 15.5. The second-order valence-corrected chi connectivity index (χ2v) is 7.46. The minimum Gasteiger partial charge on any atom is -0.354 e. The van der Waals surface area contributed by atoms with E-state index >= 15 is 0 Å². The van der Waals surface area contributed by atoms with Crippen molar-refractivity contribution in [2.24, 2.45) is 0 Å². The number of likely N-dealkylation sites (tertiary alicyclic amines) is 1. The molecular weight excluding hydrogens is 348 g/mol. The van der Waals surface area contributed by atoms with Gasteiger partial charge in [0.25, 0.3) is 0 Å². The predicted molar refractivity (Wildman–Crippen MR) is 104 cm³/mol. The first-order chi connectivity index (χ1) is 12.5. The Balaban J connectivity index is 1.58. The fraction of sp³-hybridized carbons (Fsp3) is 0.500. The van der Waals surface area contributed by atoms with E-state index in [4.69, 9.17) is 11.6 Å². The lowest BCUT2D eigenvalue weighted by Gasteiger charge is -2.28. The molecule has 1 amide bonds. The van der Waals surface area contributed by atoms with Crippen LogP contribution in [0.5, 0.6) is 0 Å². The van der Waals surface area contributed by atoms with E-state index in [-0.39, 0.29) is 11.9 Å². The van der Waals surface area contributed by atoms with Gasteiger partial charge >= 0.3 is 0 Å². The Morgan fingerprint density at radius 1 is 1.27 bits per heavy atom. The van der Waals surface area contributed by atoms with E-state index < -0.39 is 0 Å². The normalized spacial score (nSPS) is 16.0. The number of aromatic amines is 1. The smallest absolute Gasteiger partial charge is 0.220 e. The highest BCUT2D eigenvalue weighted by Crippen LogP contribution is 2.25. The van der Waals surface area contributed by atoms with Crippen molar-refractivity contribution in [3.8, 4) is 0 Å². The van der Waals surface area contributed by atoms with Crippen LogP contribution in [0.3, 0.4) is 0 Å². The second-order valence-electron chi connectivity index (χ2n) is 7.03. The zero-order valence-corrected chi connectivity index (χ0v) is 16.3. The summed E-state index contributed by atoms with van der Waals surface area (Å²) in [4.78, 5) is 14.8. The summed E-state index contributed by atoms with van der Waals surface area (Å²) in [6.45, 7) is 6.76. The summed E-state index contributed by atoms with van der Waals surface area (Å²) in [6.07, 6.45) is 3.64. The highest BCUT2D eigenvalue weighted by molar-refractivity contribution is 6.30. The molecule has 2 heterocycles. The number of hydrogen-bond acceptors (Lipinski definition) is 3. The average molecular weight is 375 g/mol. The van der Waals surface area contributed by atoms with Gasteiger partial charge in [0.1, 0.15) is 0 Å². The largest absolute Gasteiger partial charge is 0.354 e. The molecule has 1 aliphatic rings. The van der Waals surface area contributed by atoms with Gasteiger partial charge in [-0.15, -0.1) is 0 Å². The van der Waals surface area contributed by atoms with Gasteiger partial charge in [-0.25, -0.2) is 0 Å². The van der Waals surface area contributed by atoms with Crippen molar-refractivity contribution in [2.45, 2.75) is 45.6 Å². The minimum absolute atomic E-state index is 0.0863. The molecule has 2 N–H and O–H groups in total. The van der Waals surface area contributed by atoms with E-state index in [0.717, 1.165) is 41.5 Å². The molecule has 1 atom stereocenters. The van der Waals surface area contributed by atoms with Crippen LogP contribution >= 0.6 is 11.6 Å². The maximum absolute atomic E-state index is 12.4. The van der Waals surface area contributed by atoms with Crippen LogP contribution in [-0.2, 0) is 11.2 Å². The summed E-state index contributed by atoms with van der Waals surface area (Å²) in [7, 11) is 0. The number of nitrogens with zero attached hydrogens (tertiary/aromatic N) is 2. The Morgan fingerprint density at radius 3 is 2.58 bits per heavy atom. The van der Waals surface area contributed by atoms with Crippen LogP contribution in [0.25, 0.3) is 0 Å². The van der Waals surface area contributed by atoms with Gasteiger partial charge in [-0.3, -0.25) is 14.8 Å². The molecule has 0 saturated carbocycles. The number of carbonyl (C=O) groups excluding carboxylic acids is 1. The molecule has 6 heteroatoms. The molecule has 0 bridgehead atoms. The van der Waals surface area contributed by atoms with Gasteiger partial charge < -0.3 is 5.32 Å². The monoisotopic (exact) mass is 374 g/mol. The minimum atomic E-state index is 0.0863. The van der Waals surface area contributed by atoms with Crippen molar-refractivity contribution < 1.29 is 4.79 Å². The predicted octanol–water partition coefficient (Wildman–Crippen LogP) is 3.57. The third-order valence-electron chi connectivity index (χ3n) is 5.21. The van der Waals surface area contributed by atoms with Crippen LogP contribution in [0.1, 0.15) is 47.8 Å². The third-order valence-corrected chi connectivity index (χ3v) is 5.46. The molecule has 2 aromatic rings. The number of benzene rings is 1. The van der Waals surface area contributed by atoms with Gasteiger partial charge in [-0.05, 0) is 69.5 Å². The molecular formula is C20H27ClN4O. The average Bonchev–Trinajstić information content (AvgIpc) is 3.26. The number of rotatable bonds is 7. The number of carbonyl (C=O) groups is 1. The number of aromatic nitrogens is 2. The maximum Gasteiger partial charge on any atom is 0.220 e. The van der Waals surface area contributed by atoms with Crippen LogP contribution in [0.4, 0.5) is 0 Å². The van der Waals surface area contributed by atoms with Crippen LogP contribution in [0.2, 0.25) is 5.02 Å². The number of halogens is 1. The standard InChI is InChI=1S/C20H27ClN4O/c1-14-18(15(2)24-23-14)9-10-20(26)22-13-19(25-11-3-4-12-25)16-5-7-17(21)8-6-16/h5-8,19H,3-4,9-13H2,1-2H3,(H,22,26)(H,23,24)/t19-/m0/s1. The molecule has 1 aromatic heterocycles. The lowest BCUT2D eigenvalue weighted by molar-refractivity contribution is -0.121. The Bertz CT molecular complexity index is 715. The lowest BCUT2D eigenvalue weighted by atomic mass is 10.0. The van der Waals surface area contributed by atoms with Crippen molar-refractivity contribution in [3.63, 3.8) is 0 Å². The zero-order chi connectivity index (χ0) is 18.5. The van der Waals surface area contributed by atoms with E-state index in [1.165, 1.54) is 18.4 Å². The first kappa shape index (κ1) is 18.9.